The number of hydrogen-bond donors (Lipinski definition) is 0. The number of nitrogens with zero attached hydrogens (tertiary/aromatic N) is 3. The first-order valence-electron chi connectivity index (χ1n) is 9.45. The number of unbranched alkanes of at least 4 members (excludes halogenated alkanes) is 2. The smallest absolute Gasteiger partial charge is 0.248 e. The van der Waals surface area contributed by atoms with Crippen LogP contribution in [0.5, 0.6) is 11.5 Å². The number of pyridine rings is 1. The Kier molecular flexibility index (Phi) is 6.79. The van der Waals surface area contributed by atoms with Crippen molar-refractivity contribution in [2.75, 3.05) is 13.2 Å². The zero-order valence-electron chi connectivity index (χ0n) is 15.9. The molecule has 0 atom stereocenters. The zero-order valence-corrected chi connectivity index (χ0v) is 15.9. The third-order valence-corrected chi connectivity index (χ3v) is 4.05. The summed E-state index contributed by atoms with van der Waals surface area (Å²) in [5.41, 5.74) is 1.64. The van der Waals surface area contributed by atoms with E-state index in [4.69, 9.17) is 13.9 Å². The van der Waals surface area contributed by atoms with Gasteiger partial charge >= 0.3 is 0 Å². The molecule has 0 spiro atoms. The van der Waals surface area contributed by atoms with Gasteiger partial charge in [0, 0.05) is 23.5 Å². The minimum Gasteiger partial charge on any atom is -0.490 e. The van der Waals surface area contributed by atoms with Crippen molar-refractivity contribution in [3.63, 3.8) is 0 Å². The van der Waals surface area contributed by atoms with Crippen molar-refractivity contribution in [1.29, 1.82) is 0 Å². The fourth-order valence-electron chi connectivity index (χ4n) is 2.48. The molecule has 0 N–H and O–H groups in total. The molecule has 142 valence electrons. The Labute approximate surface area is 159 Å². The first-order chi connectivity index (χ1) is 13.3. The van der Waals surface area contributed by atoms with Crippen LogP contribution in [-0.2, 0) is 0 Å². The van der Waals surface area contributed by atoms with Crippen LogP contribution in [0.15, 0.2) is 47.1 Å². The van der Waals surface area contributed by atoms with E-state index < -0.39 is 0 Å². The highest BCUT2D eigenvalue weighted by Crippen LogP contribution is 2.33. The van der Waals surface area contributed by atoms with Gasteiger partial charge in [0.05, 0.1) is 13.2 Å². The first-order valence-corrected chi connectivity index (χ1v) is 9.45. The lowest BCUT2D eigenvalue weighted by molar-refractivity contribution is 0.262. The van der Waals surface area contributed by atoms with Crippen LogP contribution in [0, 0.1) is 0 Å². The molecule has 3 aromatic rings. The molecule has 0 saturated heterocycles. The summed E-state index contributed by atoms with van der Waals surface area (Å²) in [6.45, 7) is 5.60. The molecule has 0 radical (unpaired) electrons. The van der Waals surface area contributed by atoms with Crippen molar-refractivity contribution < 1.29 is 13.9 Å². The summed E-state index contributed by atoms with van der Waals surface area (Å²) in [6.07, 6.45) is 7.55. The van der Waals surface area contributed by atoms with E-state index in [1.165, 1.54) is 0 Å². The van der Waals surface area contributed by atoms with E-state index in [2.05, 4.69) is 29.0 Å². The summed E-state index contributed by atoms with van der Waals surface area (Å²) in [5, 5.41) is 8.31. The Morgan fingerprint density at radius 2 is 1.41 bits per heavy atom. The van der Waals surface area contributed by atoms with E-state index in [0.717, 1.165) is 42.6 Å². The van der Waals surface area contributed by atoms with Gasteiger partial charge in [-0.1, -0.05) is 26.7 Å². The van der Waals surface area contributed by atoms with Gasteiger partial charge in [0.25, 0.3) is 0 Å². The predicted molar refractivity (Wildman–Crippen MR) is 104 cm³/mol. The molecule has 0 aliphatic heterocycles. The molecule has 6 nitrogen and oxygen atoms in total. The standard InChI is InChI=1S/C21H25N3O3/c1-3-5-13-25-18-8-7-17(15-19(18)26-14-6-4-2)21-24-23-20(27-21)16-9-11-22-12-10-16/h7-12,15H,3-6,13-14H2,1-2H3. The molecule has 0 saturated carbocycles. The molecule has 0 fully saturated rings. The van der Waals surface area contributed by atoms with Gasteiger partial charge in [0.15, 0.2) is 11.5 Å². The zero-order chi connectivity index (χ0) is 18.9. The largest absolute Gasteiger partial charge is 0.490 e. The van der Waals surface area contributed by atoms with Crippen LogP contribution in [0.1, 0.15) is 39.5 Å². The fraction of sp³-hybridized carbons (Fsp3) is 0.381. The van der Waals surface area contributed by atoms with Crippen LogP contribution in [0.4, 0.5) is 0 Å². The van der Waals surface area contributed by atoms with Gasteiger partial charge in [0.1, 0.15) is 0 Å². The monoisotopic (exact) mass is 367 g/mol. The molecule has 0 amide bonds. The van der Waals surface area contributed by atoms with E-state index in [1.807, 2.05) is 30.3 Å². The second-order valence-corrected chi connectivity index (χ2v) is 6.21. The lowest BCUT2D eigenvalue weighted by Crippen LogP contribution is -2.02. The molecule has 2 aromatic heterocycles. The maximum Gasteiger partial charge on any atom is 0.248 e. The first kappa shape index (κ1) is 18.9. The van der Waals surface area contributed by atoms with Crippen LogP contribution in [0.25, 0.3) is 22.9 Å². The molecule has 0 aliphatic carbocycles. The molecular weight excluding hydrogens is 342 g/mol. The fourth-order valence-corrected chi connectivity index (χ4v) is 2.48. The Morgan fingerprint density at radius 1 is 0.778 bits per heavy atom. The van der Waals surface area contributed by atoms with E-state index in [0.29, 0.717) is 30.7 Å². The van der Waals surface area contributed by atoms with Gasteiger partial charge in [-0.25, -0.2) is 0 Å². The van der Waals surface area contributed by atoms with E-state index >= 15 is 0 Å². The molecule has 6 heteroatoms. The van der Waals surface area contributed by atoms with Crippen LogP contribution < -0.4 is 9.47 Å². The highest BCUT2D eigenvalue weighted by atomic mass is 16.5. The third-order valence-electron chi connectivity index (χ3n) is 4.05. The van der Waals surface area contributed by atoms with Crippen molar-refractivity contribution in [3.05, 3.63) is 42.7 Å². The molecule has 0 bridgehead atoms. The minimum atomic E-state index is 0.447. The normalized spacial score (nSPS) is 10.7. The summed E-state index contributed by atoms with van der Waals surface area (Å²) in [4.78, 5) is 4.00. The topological polar surface area (TPSA) is 70.3 Å². The van der Waals surface area contributed by atoms with Gasteiger partial charge < -0.3 is 13.9 Å². The van der Waals surface area contributed by atoms with Crippen LogP contribution in [0.3, 0.4) is 0 Å². The Balaban J connectivity index is 1.82. The summed E-state index contributed by atoms with van der Waals surface area (Å²) in [6, 6.07) is 9.39. The summed E-state index contributed by atoms with van der Waals surface area (Å²) in [5.74, 6) is 2.37. The minimum absolute atomic E-state index is 0.447. The second-order valence-electron chi connectivity index (χ2n) is 6.21. The average molecular weight is 367 g/mol. The van der Waals surface area contributed by atoms with E-state index in [-0.39, 0.29) is 0 Å². The summed E-state index contributed by atoms with van der Waals surface area (Å²) in [7, 11) is 0. The van der Waals surface area contributed by atoms with Crippen LogP contribution in [-0.4, -0.2) is 28.4 Å². The van der Waals surface area contributed by atoms with Crippen LogP contribution in [0.2, 0.25) is 0 Å². The molecule has 1 aromatic carbocycles. The quantitative estimate of drug-likeness (QED) is 0.461. The Bertz CT molecular complexity index is 834. The van der Waals surface area contributed by atoms with Gasteiger partial charge in [0.2, 0.25) is 11.8 Å². The highest BCUT2D eigenvalue weighted by molar-refractivity contribution is 5.61. The lowest BCUT2D eigenvalue weighted by Gasteiger charge is -2.13. The molecular formula is C21H25N3O3. The van der Waals surface area contributed by atoms with E-state index in [9.17, 15) is 0 Å². The average Bonchev–Trinajstić information content (AvgIpc) is 3.20. The maximum atomic E-state index is 5.94. The third kappa shape index (κ3) is 5.06. The maximum absolute atomic E-state index is 5.94. The second kappa shape index (κ2) is 9.71. The highest BCUT2D eigenvalue weighted by Gasteiger charge is 2.14. The molecule has 0 unspecified atom stereocenters. The number of aromatic nitrogens is 3. The Hall–Kier alpha value is -2.89. The van der Waals surface area contributed by atoms with Gasteiger partial charge in [-0.05, 0) is 43.2 Å². The summed E-state index contributed by atoms with van der Waals surface area (Å²) >= 11 is 0. The number of rotatable bonds is 10. The van der Waals surface area contributed by atoms with Crippen LogP contribution >= 0.6 is 0 Å². The molecule has 27 heavy (non-hydrogen) atoms. The number of hydrogen-bond acceptors (Lipinski definition) is 6. The van der Waals surface area contributed by atoms with Crippen molar-refractivity contribution in [2.24, 2.45) is 0 Å². The van der Waals surface area contributed by atoms with Crippen molar-refractivity contribution in [1.82, 2.24) is 15.2 Å². The Morgan fingerprint density at radius 3 is 2.07 bits per heavy atom. The summed E-state index contributed by atoms with van der Waals surface area (Å²) < 4.78 is 17.6. The van der Waals surface area contributed by atoms with Gasteiger partial charge in [-0.3, -0.25) is 4.98 Å². The lowest BCUT2D eigenvalue weighted by atomic mass is 10.2. The van der Waals surface area contributed by atoms with Gasteiger partial charge in [-0.2, -0.15) is 0 Å². The molecule has 0 aliphatic rings. The predicted octanol–water partition coefficient (Wildman–Crippen LogP) is 5.16. The molecule has 3 rings (SSSR count). The van der Waals surface area contributed by atoms with Crippen molar-refractivity contribution in [2.45, 2.75) is 39.5 Å². The van der Waals surface area contributed by atoms with Crippen molar-refractivity contribution >= 4 is 0 Å². The van der Waals surface area contributed by atoms with Gasteiger partial charge in [-0.15, -0.1) is 10.2 Å². The SMILES string of the molecule is CCCCOc1ccc(-c2nnc(-c3ccncc3)o2)cc1OCCCC. The number of benzene rings is 1. The molecule has 2 heterocycles. The van der Waals surface area contributed by atoms with E-state index in [1.54, 1.807) is 12.4 Å². The van der Waals surface area contributed by atoms with Crippen molar-refractivity contribution in [3.8, 4) is 34.4 Å². The number of ether oxygens (including phenoxy) is 2.